The highest BCUT2D eigenvalue weighted by Crippen LogP contribution is 2.26. The summed E-state index contributed by atoms with van der Waals surface area (Å²) in [7, 11) is 1.86. The maximum absolute atomic E-state index is 13.8. The normalized spacial score (nSPS) is 18.9. The molecule has 1 aliphatic rings. The summed E-state index contributed by atoms with van der Waals surface area (Å²) in [6.07, 6.45) is 2.83. The number of carboxylic acid groups (broad SMARTS) is 1. The Balaban J connectivity index is 0.00000300. The molecule has 2 unspecified atom stereocenters. The van der Waals surface area contributed by atoms with Gasteiger partial charge in [0.25, 0.3) is 0 Å². The van der Waals surface area contributed by atoms with E-state index < -0.39 is 5.97 Å². The molecule has 0 aliphatic carbocycles. The molecule has 0 amide bonds. The molecule has 0 saturated carbocycles. The number of hydrogen-bond acceptors (Lipinski definition) is 6. The van der Waals surface area contributed by atoms with Crippen molar-refractivity contribution >= 4 is 18.4 Å². The van der Waals surface area contributed by atoms with Crippen molar-refractivity contribution in [2.45, 2.75) is 45.2 Å². The second-order valence-corrected chi connectivity index (χ2v) is 7.53. The molecule has 2 aromatic rings. The van der Waals surface area contributed by atoms with E-state index in [9.17, 15) is 9.18 Å². The number of likely N-dealkylation sites (tertiary alicyclic amines) is 1. The molecule has 2 atom stereocenters. The zero-order chi connectivity index (χ0) is 20.3. The zero-order valence-electron chi connectivity index (χ0n) is 17.0. The van der Waals surface area contributed by atoms with Crippen LogP contribution in [0.4, 0.5) is 4.39 Å². The van der Waals surface area contributed by atoms with Gasteiger partial charge in [0.15, 0.2) is 0 Å². The molecule has 3 rings (SSSR count). The van der Waals surface area contributed by atoms with Gasteiger partial charge in [-0.2, -0.15) is 4.98 Å². The van der Waals surface area contributed by atoms with Gasteiger partial charge in [0.05, 0.1) is 12.6 Å². The fourth-order valence-electron chi connectivity index (χ4n) is 3.68. The Morgan fingerprint density at radius 2 is 2.17 bits per heavy atom. The number of halogens is 2. The van der Waals surface area contributed by atoms with Crippen molar-refractivity contribution < 1.29 is 18.8 Å². The van der Waals surface area contributed by atoms with Crippen LogP contribution in [-0.2, 0) is 4.79 Å². The average molecular weight is 427 g/mol. The van der Waals surface area contributed by atoms with Crippen molar-refractivity contribution in [2.24, 2.45) is 0 Å². The molecule has 1 aliphatic heterocycles. The van der Waals surface area contributed by atoms with Gasteiger partial charge in [0, 0.05) is 18.2 Å². The first-order valence-electron chi connectivity index (χ1n) is 9.61. The molecule has 1 aromatic heterocycles. The molecule has 0 radical (unpaired) electrons. The molecule has 1 N–H and O–H groups in total. The van der Waals surface area contributed by atoms with Gasteiger partial charge in [-0.05, 0) is 58.3 Å². The van der Waals surface area contributed by atoms with Crippen LogP contribution in [0, 0.1) is 12.7 Å². The van der Waals surface area contributed by atoms with Crippen LogP contribution in [0.5, 0.6) is 0 Å². The van der Waals surface area contributed by atoms with Crippen LogP contribution in [0.2, 0.25) is 0 Å². The number of carbonyl (C=O) groups is 1. The highest BCUT2D eigenvalue weighted by Gasteiger charge is 2.27. The van der Waals surface area contributed by atoms with Gasteiger partial charge in [-0.1, -0.05) is 17.3 Å². The van der Waals surface area contributed by atoms with Crippen LogP contribution in [0.25, 0.3) is 11.4 Å². The predicted molar refractivity (Wildman–Crippen MR) is 110 cm³/mol. The smallest absolute Gasteiger partial charge is 0.317 e. The summed E-state index contributed by atoms with van der Waals surface area (Å²) in [6.45, 7) is 5.50. The van der Waals surface area contributed by atoms with Crippen molar-refractivity contribution in [1.29, 1.82) is 0 Å². The van der Waals surface area contributed by atoms with Crippen LogP contribution in [0.1, 0.15) is 43.7 Å². The lowest BCUT2D eigenvalue weighted by atomic mass is 10.1. The third kappa shape index (κ3) is 5.74. The van der Waals surface area contributed by atoms with Crippen molar-refractivity contribution in [3.63, 3.8) is 0 Å². The third-order valence-electron chi connectivity index (χ3n) is 5.52. The van der Waals surface area contributed by atoms with Crippen LogP contribution in [0.15, 0.2) is 22.7 Å². The number of likely N-dealkylation sites (N-methyl/N-ethyl adjacent to an activating group) is 1. The standard InChI is InChI=1S/C20H27FN4O3.ClH/c1-13-6-7-15(11-17(13)21)19-22-20(28-23-19)14(2)25-9-4-5-16(8-10-25)24(3)12-18(26)27;/h6-7,11,14,16H,4-5,8-10,12H2,1-3H3,(H,26,27);1H. The first-order valence-corrected chi connectivity index (χ1v) is 9.61. The number of hydrogen-bond donors (Lipinski definition) is 1. The van der Waals surface area contributed by atoms with Crippen molar-refractivity contribution in [1.82, 2.24) is 19.9 Å². The lowest BCUT2D eigenvalue weighted by Crippen LogP contribution is -2.36. The van der Waals surface area contributed by atoms with Gasteiger partial charge < -0.3 is 9.63 Å². The first kappa shape index (κ1) is 23.3. The van der Waals surface area contributed by atoms with Gasteiger partial charge in [-0.15, -0.1) is 12.4 Å². The molecule has 29 heavy (non-hydrogen) atoms. The highest BCUT2D eigenvalue weighted by molar-refractivity contribution is 5.85. The summed E-state index contributed by atoms with van der Waals surface area (Å²) in [5.74, 6) is -0.202. The summed E-state index contributed by atoms with van der Waals surface area (Å²) in [4.78, 5) is 19.6. The summed E-state index contributed by atoms with van der Waals surface area (Å²) >= 11 is 0. The Hall–Kier alpha value is -2.03. The lowest BCUT2D eigenvalue weighted by molar-refractivity contribution is -0.138. The summed E-state index contributed by atoms with van der Waals surface area (Å²) in [6, 6.07) is 5.10. The molecule has 0 bridgehead atoms. The Morgan fingerprint density at radius 1 is 1.41 bits per heavy atom. The van der Waals surface area contributed by atoms with E-state index >= 15 is 0 Å². The number of aromatic nitrogens is 2. The van der Waals surface area contributed by atoms with E-state index in [2.05, 4.69) is 15.0 Å². The summed E-state index contributed by atoms with van der Waals surface area (Å²) in [5.41, 5.74) is 1.17. The van der Waals surface area contributed by atoms with E-state index in [1.807, 2.05) is 18.9 Å². The number of aliphatic carboxylic acids is 1. The Bertz CT molecular complexity index is 832. The van der Waals surface area contributed by atoms with Gasteiger partial charge in [0.2, 0.25) is 11.7 Å². The number of rotatable bonds is 6. The minimum atomic E-state index is -0.803. The van der Waals surface area contributed by atoms with Crippen LogP contribution in [-0.4, -0.2) is 63.7 Å². The average Bonchev–Trinajstić information content (AvgIpc) is 3.00. The molecular formula is C20H28ClFN4O3. The Morgan fingerprint density at radius 3 is 2.86 bits per heavy atom. The molecule has 1 saturated heterocycles. The summed E-state index contributed by atoms with van der Waals surface area (Å²) < 4.78 is 19.3. The lowest BCUT2D eigenvalue weighted by Gasteiger charge is -2.27. The minimum absolute atomic E-state index is 0. The fourth-order valence-corrected chi connectivity index (χ4v) is 3.68. The first-order chi connectivity index (χ1) is 13.3. The van der Waals surface area contributed by atoms with Crippen molar-refractivity contribution in [3.05, 3.63) is 35.5 Å². The van der Waals surface area contributed by atoms with E-state index in [1.54, 1.807) is 19.1 Å². The SMILES string of the molecule is Cc1ccc(-c2noc(C(C)N3CCCC(N(C)CC(=O)O)CC3)n2)cc1F.Cl. The van der Waals surface area contributed by atoms with E-state index in [0.29, 0.717) is 22.8 Å². The van der Waals surface area contributed by atoms with Crippen LogP contribution >= 0.6 is 12.4 Å². The quantitative estimate of drug-likeness (QED) is 0.756. The number of nitrogens with zero attached hydrogens (tertiary/aromatic N) is 4. The Kier molecular flexibility index (Phi) is 8.13. The monoisotopic (exact) mass is 426 g/mol. The molecule has 160 valence electrons. The molecular weight excluding hydrogens is 399 g/mol. The zero-order valence-corrected chi connectivity index (χ0v) is 17.8. The van der Waals surface area contributed by atoms with E-state index in [0.717, 1.165) is 32.4 Å². The van der Waals surface area contributed by atoms with Gasteiger partial charge >= 0.3 is 5.97 Å². The predicted octanol–water partition coefficient (Wildman–Crippen LogP) is 3.54. The minimum Gasteiger partial charge on any atom is -0.480 e. The fraction of sp³-hybridized carbons (Fsp3) is 0.550. The van der Waals surface area contributed by atoms with E-state index in [-0.39, 0.29) is 36.9 Å². The van der Waals surface area contributed by atoms with Gasteiger partial charge in [0.1, 0.15) is 5.82 Å². The maximum atomic E-state index is 13.8. The molecule has 2 heterocycles. The van der Waals surface area contributed by atoms with E-state index in [1.165, 1.54) is 6.07 Å². The number of aryl methyl sites for hydroxylation is 1. The maximum Gasteiger partial charge on any atom is 0.317 e. The van der Waals surface area contributed by atoms with Crippen LogP contribution < -0.4 is 0 Å². The van der Waals surface area contributed by atoms with Crippen LogP contribution in [0.3, 0.4) is 0 Å². The molecule has 9 heteroatoms. The topological polar surface area (TPSA) is 82.7 Å². The van der Waals surface area contributed by atoms with Gasteiger partial charge in [-0.25, -0.2) is 4.39 Å². The molecule has 1 aromatic carbocycles. The highest BCUT2D eigenvalue weighted by atomic mass is 35.5. The van der Waals surface area contributed by atoms with E-state index in [4.69, 9.17) is 9.63 Å². The van der Waals surface area contributed by atoms with Crippen molar-refractivity contribution in [2.75, 3.05) is 26.7 Å². The molecule has 1 fully saturated rings. The van der Waals surface area contributed by atoms with Crippen molar-refractivity contribution in [3.8, 4) is 11.4 Å². The largest absolute Gasteiger partial charge is 0.480 e. The number of carboxylic acids is 1. The number of benzene rings is 1. The second-order valence-electron chi connectivity index (χ2n) is 7.53. The van der Waals surface area contributed by atoms with Gasteiger partial charge in [-0.3, -0.25) is 14.6 Å². The third-order valence-corrected chi connectivity index (χ3v) is 5.52. The molecule has 0 spiro atoms. The summed E-state index contributed by atoms with van der Waals surface area (Å²) in [5, 5.41) is 13.0. The second kappa shape index (κ2) is 10.1. The molecule has 7 nitrogen and oxygen atoms in total. The Labute approximate surface area is 176 Å².